The van der Waals surface area contributed by atoms with Gasteiger partial charge in [-0.15, -0.1) is 0 Å². The average Bonchev–Trinajstić information content (AvgIpc) is 2.09. The van der Waals surface area contributed by atoms with Crippen LogP contribution in [0, 0.1) is 0 Å². The Morgan fingerprint density at radius 3 is 2.29 bits per heavy atom. The molecule has 0 saturated heterocycles. The van der Waals surface area contributed by atoms with Gasteiger partial charge in [0, 0.05) is 6.08 Å². The first-order valence-electron chi connectivity index (χ1n) is 5.17. The van der Waals surface area contributed by atoms with Crippen molar-refractivity contribution in [2.24, 2.45) is 0 Å². The van der Waals surface area contributed by atoms with Crippen LogP contribution in [0.1, 0.15) is 51.9 Å². The van der Waals surface area contributed by atoms with Crippen LogP contribution in [0.5, 0.6) is 0 Å². The molecule has 0 atom stereocenters. The second-order valence-electron chi connectivity index (χ2n) is 3.30. The molecule has 0 aromatic carbocycles. The number of carbonyl (C=O) groups is 1. The van der Waals surface area contributed by atoms with Crippen LogP contribution in [-0.2, 0) is 4.79 Å². The Labute approximate surface area is 86.8 Å². The fourth-order valence-electron chi connectivity index (χ4n) is 1.23. The van der Waals surface area contributed by atoms with Crippen LogP contribution in [0.3, 0.4) is 0 Å². The fourth-order valence-corrected chi connectivity index (χ4v) is 1.23. The molecule has 4 N–H and O–H groups in total. The van der Waals surface area contributed by atoms with E-state index in [4.69, 9.17) is 5.11 Å². The highest BCUT2D eigenvalue weighted by Crippen LogP contribution is 2.06. The number of hydrogen-bond acceptors (Lipinski definition) is 2. The van der Waals surface area contributed by atoms with E-state index < -0.39 is 5.97 Å². The third-order valence-electron chi connectivity index (χ3n) is 1.98. The van der Waals surface area contributed by atoms with E-state index in [1.54, 1.807) is 6.08 Å². The number of allylic oxidation sites excluding steroid dienone is 1. The molecular formula is C11H23NO2. The van der Waals surface area contributed by atoms with Crippen molar-refractivity contribution >= 4 is 5.97 Å². The standard InChI is InChI=1S/C11H20O2.H3N/c1-2-3-4-5-6-7-8-9-10-11(12)13;/h9-10H,2-8H2,1H3,(H,12,13);1H3. The van der Waals surface area contributed by atoms with Gasteiger partial charge in [-0.2, -0.15) is 0 Å². The molecule has 0 radical (unpaired) electrons. The first kappa shape index (κ1) is 15.6. The Hall–Kier alpha value is -0.830. The van der Waals surface area contributed by atoms with Gasteiger partial charge in [0.1, 0.15) is 0 Å². The summed E-state index contributed by atoms with van der Waals surface area (Å²) in [5, 5.41) is 8.30. The zero-order valence-electron chi connectivity index (χ0n) is 9.17. The highest BCUT2D eigenvalue weighted by molar-refractivity contribution is 5.79. The van der Waals surface area contributed by atoms with E-state index in [-0.39, 0.29) is 6.15 Å². The predicted molar refractivity (Wildman–Crippen MR) is 59.8 cm³/mol. The summed E-state index contributed by atoms with van der Waals surface area (Å²) in [6.45, 7) is 2.20. The lowest BCUT2D eigenvalue weighted by atomic mass is 10.1. The van der Waals surface area contributed by atoms with Gasteiger partial charge >= 0.3 is 5.97 Å². The first-order chi connectivity index (χ1) is 6.27. The van der Waals surface area contributed by atoms with Gasteiger partial charge in [-0.3, -0.25) is 0 Å². The third kappa shape index (κ3) is 13.7. The minimum Gasteiger partial charge on any atom is -0.478 e. The smallest absolute Gasteiger partial charge is 0.327 e. The lowest BCUT2D eigenvalue weighted by molar-refractivity contribution is -0.131. The summed E-state index contributed by atoms with van der Waals surface area (Å²) >= 11 is 0. The lowest BCUT2D eigenvalue weighted by Crippen LogP contribution is -1.85. The van der Waals surface area contributed by atoms with Crippen LogP contribution < -0.4 is 6.15 Å². The van der Waals surface area contributed by atoms with E-state index >= 15 is 0 Å². The van der Waals surface area contributed by atoms with E-state index in [9.17, 15) is 4.79 Å². The normalized spacial score (nSPS) is 10.1. The second-order valence-corrected chi connectivity index (χ2v) is 3.30. The molecule has 0 aromatic rings. The molecule has 0 aliphatic rings. The molecule has 0 heterocycles. The van der Waals surface area contributed by atoms with Gasteiger partial charge in [-0.05, 0) is 12.8 Å². The molecule has 3 nitrogen and oxygen atoms in total. The van der Waals surface area contributed by atoms with Gasteiger partial charge in [0.25, 0.3) is 0 Å². The molecule has 0 saturated carbocycles. The molecule has 0 rings (SSSR count). The molecule has 0 aliphatic carbocycles. The van der Waals surface area contributed by atoms with Crippen molar-refractivity contribution < 1.29 is 9.90 Å². The van der Waals surface area contributed by atoms with E-state index in [2.05, 4.69) is 6.92 Å². The molecule has 0 aliphatic heterocycles. The molecule has 0 aromatic heterocycles. The molecule has 0 bridgehead atoms. The van der Waals surface area contributed by atoms with E-state index in [1.165, 1.54) is 38.2 Å². The highest BCUT2D eigenvalue weighted by atomic mass is 16.4. The zero-order valence-corrected chi connectivity index (χ0v) is 9.17. The Bertz CT molecular complexity index is 155. The molecular weight excluding hydrogens is 178 g/mol. The van der Waals surface area contributed by atoms with Gasteiger partial charge in [-0.25, -0.2) is 4.79 Å². The maximum atomic E-state index is 10.1. The Morgan fingerprint density at radius 1 is 1.14 bits per heavy atom. The van der Waals surface area contributed by atoms with Crippen LogP contribution in [0.2, 0.25) is 0 Å². The highest BCUT2D eigenvalue weighted by Gasteiger charge is 1.89. The van der Waals surface area contributed by atoms with Crippen molar-refractivity contribution in [1.29, 1.82) is 0 Å². The van der Waals surface area contributed by atoms with Crippen LogP contribution in [-0.4, -0.2) is 11.1 Å². The van der Waals surface area contributed by atoms with Crippen LogP contribution in [0.25, 0.3) is 0 Å². The summed E-state index contributed by atoms with van der Waals surface area (Å²) in [6, 6.07) is 0. The third-order valence-corrected chi connectivity index (χ3v) is 1.98. The number of hydrogen-bond donors (Lipinski definition) is 2. The summed E-state index contributed by atoms with van der Waals surface area (Å²) in [4.78, 5) is 10.1. The summed E-state index contributed by atoms with van der Waals surface area (Å²) in [5.41, 5.74) is 0. The minimum atomic E-state index is -0.842. The number of aliphatic carboxylic acids is 1. The predicted octanol–water partition coefficient (Wildman–Crippen LogP) is 3.54. The Balaban J connectivity index is 0. The van der Waals surface area contributed by atoms with E-state index in [0.29, 0.717) is 0 Å². The minimum absolute atomic E-state index is 0. The van der Waals surface area contributed by atoms with Crippen LogP contribution >= 0.6 is 0 Å². The van der Waals surface area contributed by atoms with Crippen LogP contribution in [0.4, 0.5) is 0 Å². The molecule has 3 heteroatoms. The lowest BCUT2D eigenvalue weighted by Gasteiger charge is -1.96. The van der Waals surface area contributed by atoms with Crippen molar-refractivity contribution in [1.82, 2.24) is 6.15 Å². The molecule has 0 unspecified atom stereocenters. The van der Waals surface area contributed by atoms with Crippen molar-refractivity contribution in [3.63, 3.8) is 0 Å². The summed E-state index contributed by atoms with van der Waals surface area (Å²) in [6.07, 6.45) is 11.4. The second kappa shape index (κ2) is 12.2. The molecule has 14 heavy (non-hydrogen) atoms. The number of unbranched alkanes of at least 4 members (excludes halogenated alkanes) is 6. The van der Waals surface area contributed by atoms with Crippen molar-refractivity contribution in [2.45, 2.75) is 51.9 Å². The molecule has 0 fully saturated rings. The maximum absolute atomic E-state index is 10.1. The number of rotatable bonds is 8. The van der Waals surface area contributed by atoms with Crippen molar-refractivity contribution in [3.05, 3.63) is 12.2 Å². The van der Waals surface area contributed by atoms with E-state index in [0.717, 1.165) is 12.8 Å². The van der Waals surface area contributed by atoms with Crippen LogP contribution in [0.15, 0.2) is 12.2 Å². The van der Waals surface area contributed by atoms with Gasteiger partial charge < -0.3 is 11.3 Å². The van der Waals surface area contributed by atoms with Gasteiger partial charge in [-0.1, -0.05) is 45.1 Å². The van der Waals surface area contributed by atoms with E-state index in [1.807, 2.05) is 0 Å². The molecule has 0 spiro atoms. The summed E-state index contributed by atoms with van der Waals surface area (Å²) in [7, 11) is 0. The maximum Gasteiger partial charge on any atom is 0.327 e. The number of carboxylic acid groups (broad SMARTS) is 1. The first-order valence-corrected chi connectivity index (χ1v) is 5.17. The topological polar surface area (TPSA) is 72.3 Å². The summed E-state index contributed by atoms with van der Waals surface area (Å²) < 4.78 is 0. The Kier molecular flexibility index (Phi) is 13.6. The SMILES string of the molecule is CCCCCCCCC=CC(=O)O.N. The van der Waals surface area contributed by atoms with Crippen molar-refractivity contribution in [2.75, 3.05) is 0 Å². The zero-order chi connectivity index (χ0) is 9.94. The van der Waals surface area contributed by atoms with Gasteiger partial charge in [0.05, 0.1) is 0 Å². The number of carboxylic acids is 1. The van der Waals surface area contributed by atoms with Crippen molar-refractivity contribution in [3.8, 4) is 0 Å². The molecule has 84 valence electrons. The summed E-state index contributed by atoms with van der Waals surface area (Å²) in [5.74, 6) is -0.842. The molecule has 0 amide bonds. The largest absolute Gasteiger partial charge is 0.478 e. The van der Waals surface area contributed by atoms with Gasteiger partial charge in [0.15, 0.2) is 0 Å². The average molecular weight is 201 g/mol. The fraction of sp³-hybridized carbons (Fsp3) is 0.727. The van der Waals surface area contributed by atoms with Gasteiger partial charge in [0.2, 0.25) is 0 Å². The quantitative estimate of drug-likeness (QED) is 0.466. The monoisotopic (exact) mass is 201 g/mol. The Morgan fingerprint density at radius 2 is 1.71 bits per heavy atom.